The Bertz CT molecular complexity index is 512. The van der Waals surface area contributed by atoms with Gasteiger partial charge in [0.2, 0.25) is 0 Å². The molecule has 1 aromatic carbocycles. The van der Waals surface area contributed by atoms with E-state index in [0.717, 1.165) is 4.70 Å². The number of rotatable bonds is 0. The first kappa shape index (κ1) is 8.36. The van der Waals surface area contributed by atoms with E-state index in [-0.39, 0.29) is 11.3 Å². The van der Waals surface area contributed by atoms with Crippen LogP contribution in [0.15, 0.2) is 17.5 Å². The van der Waals surface area contributed by atoms with E-state index in [1.807, 2.05) is 6.07 Å². The van der Waals surface area contributed by atoms with Crippen molar-refractivity contribution in [2.24, 2.45) is 0 Å². The number of halogens is 1. The normalized spacial score (nSPS) is 10.2. The van der Waals surface area contributed by atoms with Gasteiger partial charge in [-0.05, 0) is 12.1 Å². The lowest BCUT2D eigenvalue weighted by molar-refractivity contribution is 0.480. The highest BCUT2D eigenvalue weighted by atomic mass is 35.5. The molecule has 13 heavy (non-hydrogen) atoms. The zero-order chi connectivity index (χ0) is 9.42. The van der Waals surface area contributed by atoms with Gasteiger partial charge in [0, 0.05) is 10.1 Å². The highest BCUT2D eigenvalue weighted by molar-refractivity contribution is 7.17. The van der Waals surface area contributed by atoms with Gasteiger partial charge in [-0.25, -0.2) is 0 Å². The Hall–Kier alpha value is -1.24. The molecule has 2 nitrogen and oxygen atoms in total. The SMILES string of the molecule is N#Cc1ccc2scc(Cl)c2c1O. The molecule has 0 aliphatic rings. The van der Waals surface area contributed by atoms with Crippen molar-refractivity contribution in [3.63, 3.8) is 0 Å². The molecule has 4 heteroatoms. The summed E-state index contributed by atoms with van der Waals surface area (Å²) in [4.78, 5) is 0. The third kappa shape index (κ3) is 1.15. The van der Waals surface area contributed by atoms with Gasteiger partial charge in [-0.1, -0.05) is 11.6 Å². The standard InChI is InChI=1S/C9H4ClNOS/c10-6-4-13-7-2-1-5(3-11)9(12)8(6)7/h1-2,4,12H. The predicted octanol–water partition coefficient (Wildman–Crippen LogP) is 3.13. The van der Waals surface area contributed by atoms with Crippen LogP contribution in [0.25, 0.3) is 10.1 Å². The average molecular weight is 210 g/mol. The molecule has 0 saturated heterocycles. The van der Waals surface area contributed by atoms with Gasteiger partial charge in [0.1, 0.15) is 11.8 Å². The van der Waals surface area contributed by atoms with E-state index in [1.165, 1.54) is 11.3 Å². The summed E-state index contributed by atoms with van der Waals surface area (Å²) in [6.07, 6.45) is 0. The Kier molecular flexibility index (Phi) is 1.87. The minimum absolute atomic E-state index is 0.0220. The van der Waals surface area contributed by atoms with Gasteiger partial charge in [0.15, 0.2) is 0 Å². The summed E-state index contributed by atoms with van der Waals surface area (Å²) in [6, 6.07) is 5.27. The van der Waals surface area contributed by atoms with Crippen LogP contribution < -0.4 is 0 Å². The number of hydrogen-bond acceptors (Lipinski definition) is 3. The minimum Gasteiger partial charge on any atom is -0.506 e. The number of phenols is 1. The number of thiophene rings is 1. The van der Waals surface area contributed by atoms with Gasteiger partial charge in [-0.2, -0.15) is 5.26 Å². The number of nitriles is 1. The Morgan fingerprint density at radius 2 is 2.23 bits per heavy atom. The van der Waals surface area contributed by atoms with Crippen LogP contribution in [0.5, 0.6) is 5.75 Å². The smallest absolute Gasteiger partial charge is 0.143 e. The maximum atomic E-state index is 9.62. The minimum atomic E-state index is -0.0220. The molecule has 2 rings (SSSR count). The van der Waals surface area contributed by atoms with E-state index in [1.54, 1.807) is 17.5 Å². The fraction of sp³-hybridized carbons (Fsp3) is 0. The molecule has 0 aliphatic heterocycles. The second kappa shape index (κ2) is 2.91. The number of aromatic hydroxyl groups is 1. The van der Waals surface area contributed by atoms with Crippen LogP contribution in [-0.4, -0.2) is 5.11 Å². The summed E-state index contributed by atoms with van der Waals surface area (Å²) in [7, 11) is 0. The fourth-order valence-corrected chi connectivity index (χ4v) is 2.37. The summed E-state index contributed by atoms with van der Waals surface area (Å²) in [5.74, 6) is -0.0220. The van der Waals surface area contributed by atoms with Crippen molar-refractivity contribution in [3.8, 4) is 11.8 Å². The van der Waals surface area contributed by atoms with Gasteiger partial charge < -0.3 is 5.11 Å². The summed E-state index contributed by atoms with van der Waals surface area (Å²) < 4.78 is 0.890. The molecule has 0 bridgehead atoms. The first-order valence-electron chi connectivity index (χ1n) is 3.53. The van der Waals surface area contributed by atoms with Crippen LogP contribution in [0.1, 0.15) is 5.56 Å². The highest BCUT2D eigenvalue weighted by Crippen LogP contribution is 2.37. The number of hydrogen-bond donors (Lipinski definition) is 1. The van der Waals surface area contributed by atoms with E-state index >= 15 is 0 Å². The summed E-state index contributed by atoms with van der Waals surface area (Å²) in [6.45, 7) is 0. The number of nitrogens with zero attached hydrogens (tertiary/aromatic N) is 1. The van der Waals surface area contributed by atoms with Gasteiger partial charge in [0.05, 0.1) is 16.0 Å². The zero-order valence-electron chi connectivity index (χ0n) is 6.41. The summed E-state index contributed by atoms with van der Waals surface area (Å²) in [5.41, 5.74) is 0.257. The second-order valence-corrected chi connectivity index (χ2v) is 3.85. The molecule has 64 valence electrons. The largest absolute Gasteiger partial charge is 0.506 e. The molecule has 0 unspecified atom stereocenters. The maximum Gasteiger partial charge on any atom is 0.143 e. The molecule has 0 aliphatic carbocycles. The maximum absolute atomic E-state index is 9.62. The van der Waals surface area contributed by atoms with E-state index in [2.05, 4.69) is 0 Å². The van der Waals surface area contributed by atoms with Gasteiger partial charge in [-0.3, -0.25) is 0 Å². The Morgan fingerprint density at radius 1 is 1.46 bits per heavy atom. The quantitative estimate of drug-likeness (QED) is 0.725. The van der Waals surface area contributed by atoms with Gasteiger partial charge in [0.25, 0.3) is 0 Å². The summed E-state index contributed by atoms with van der Waals surface area (Å²) >= 11 is 7.29. The molecule has 0 saturated carbocycles. The monoisotopic (exact) mass is 209 g/mol. The first-order valence-corrected chi connectivity index (χ1v) is 4.78. The van der Waals surface area contributed by atoms with Crippen molar-refractivity contribution in [2.75, 3.05) is 0 Å². The van der Waals surface area contributed by atoms with E-state index in [0.29, 0.717) is 10.4 Å². The molecule has 0 amide bonds. The Labute approximate surface area is 83.6 Å². The molecular formula is C9H4ClNOS. The van der Waals surface area contributed by atoms with Gasteiger partial charge in [-0.15, -0.1) is 11.3 Å². The lowest BCUT2D eigenvalue weighted by atomic mass is 10.1. The van der Waals surface area contributed by atoms with Crippen molar-refractivity contribution >= 4 is 33.0 Å². The van der Waals surface area contributed by atoms with Crippen molar-refractivity contribution in [2.45, 2.75) is 0 Å². The fourth-order valence-electron chi connectivity index (χ4n) is 1.17. The Morgan fingerprint density at radius 3 is 2.92 bits per heavy atom. The van der Waals surface area contributed by atoms with Gasteiger partial charge >= 0.3 is 0 Å². The van der Waals surface area contributed by atoms with E-state index in [4.69, 9.17) is 16.9 Å². The second-order valence-electron chi connectivity index (χ2n) is 2.53. The third-order valence-electron chi connectivity index (χ3n) is 1.79. The number of benzene rings is 1. The molecule has 0 atom stereocenters. The molecular weight excluding hydrogens is 206 g/mol. The molecule has 1 aromatic heterocycles. The third-order valence-corrected chi connectivity index (χ3v) is 3.16. The molecule has 1 N–H and O–H groups in total. The zero-order valence-corrected chi connectivity index (χ0v) is 7.99. The van der Waals surface area contributed by atoms with Crippen LogP contribution in [0.2, 0.25) is 5.02 Å². The van der Waals surface area contributed by atoms with Crippen molar-refractivity contribution in [3.05, 3.63) is 28.1 Å². The molecule has 1 heterocycles. The van der Waals surface area contributed by atoms with Crippen LogP contribution in [0, 0.1) is 11.3 Å². The van der Waals surface area contributed by atoms with Crippen molar-refractivity contribution in [1.29, 1.82) is 5.26 Å². The molecule has 0 radical (unpaired) electrons. The number of fused-ring (bicyclic) bond motifs is 1. The lowest BCUT2D eigenvalue weighted by Crippen LogP contribution is -1.76. The average Bonchev–Trinajstić information content (AvgIpc) is 2.49. The summed E-state index contributed by atoms with van der Waals surface area (Å²) in [5, 5.41) is 21.1. The molecule has 0 fully saturated rings. The van der Waals surface area contributed by atoms with Crippen LogP contribution >= 0.6 is 22.9 Å². The van der Waals surface area contributed by atoms with Crippen LogP contribution in [0.4, 0.5) is 0 Å². The van der Waals surface area contributed by atoms with Crippen LogP contribution in [0.3, 0.4) is 0 Å². The number of phenolic OH excluding ortho intramolecular Hbond substituents is 1. The predicted molar refractivity (Wildman–Crippen MR) is 53.2 cm³/mol. The van der Waals surface area contributed by atoms with E-state index < -0.39 is 0 Å². The van der Waals surface area contributed by atoms with Crippen molar-refractivity contribution < 1.29 is 5.11 Å². The van der Waals surface area contributed by atoms with Crippen molar-refractivity contribution in [1.82, 2.24) is 0 Å². The highest BCUT2D eigenvalue weighted by Gasteiger charge is 2.10. The first-order chi connectivity index (χ1) is 6.24. The molecule has 2 aromatic rings. The molecule has 0 spiro atoms. The van der Waals surface area contributed by atoms with E-state index in [9.17, 15) is 5.11 Å². The lowest BCUT2D eigenvalue weighted by Gasteiger charge is -1.97. The van der Waals surface area contributed by atoms with Crippen LogP contribution in [-0.2, 0) is 0 Å². The topological polar surface area (TPSA) is 44.0 Å². The Balaban J connectivity index is 2.93.